The molecule has 0 aliphatic heterocycles. The fourth-order valence-electron chi connectivity index (χ4n) is 3.74. The van der Waals surface area contributed by atoms with Crippen molar-refractivity contribution < 1.29 is 64.6 Å². The average molecular weight is 644 g/mol. The summed E-state index contributed by atoms with van der Waals surface area (Å²) < 4.78 is 0. The van der Waals surface area contributed by atoms with Crippen LogP contribution in [0.2, 0.25) is 0 Å². The van der Waals surface area contributed by atoms with Crippen LogP contribution in [0.3, 0.4) is 0 Å². The minimum atomic E-state index is -0.653. The monoisotopic (exact) mass is 642 g/mol. The van der Waals surface area contributed by atoms with Crippen LogP contribution in [0.4, 0.5) is 0 Å². The second kappa shape index (κ2) is 33.6. The van der Waals surface area contributed by atoms with E-state index in [-0.39, 0.29) is 50.7 Å². The number of carbonyl (C=O) groups is 2. The first-order valence-electron chi connectivity index (χ1n) is 12.9. The second-order valence-corrected chi connectivity index (χ2v) is 8.71. The summed E-state index contributed by atoms with van der Waals surface area (Å²) in [5.41, 5.74) is 0. The van der Waals surface area contributed by atoms with Gasteiger partial charge < -0.3 is 10.2 Å². The van der Waals surface area contributed by atoms with Gasteiger partial charge in [0.05, 0.1) is 5.92 Å². The number of hydrogen-bond donors (Lipinski definition) is 2. The Labute approximate surface area is 230 Å². The molecule has 0 aromatic carbocycles. The third-order valence-corrected chi connectivity index (χ3v) is 5.62. The summed E-state index contributed by atoms with van der Waals surface area (Å²) in [6.45, 7) is 6.31. The molecule has 4 nitrogen and oxygen atoms in total. The van der Waals surface area contributed by atoms with Gasteiger partial charge in [0.2, 0.25) is 0 Å². The Hall–Kier alpha value is 0.421. The van der Waals surface area contributed by atoms with Crippen LogP contribution < -0.4 is 0 Å². The molecule has 0 aliphatic carbocycles. The maximum atomic E-state index is 10.5. The predicted octanol–water partition coefficient (Wildman–Crippen LogP) is 8.61. The molecule has 0 aromatic rings. The normalized spacial score (nSPS) is 10.0. The van der Waals surface area contributed by atoms with Gasteiger partial charge in [0.15, 0.2) is 0 Å². The molecule has 6 heteroatoms. The molecular formula is C26H52Ag2O4. The van der Waals surface area contributed by atoms with Crippen LogP contribution in [0.1, 0.15) is 149 Å². The summed E-state index contributed by atoms with van der Waals surface area (Å²) in [7, 11) is 0. The van der Waals surface area contributed by atoms with Gasteiger partial charge in [-0.1, -0.05) is 124 Å². The predicted molar refractivity (Wildman–Crippen MR) is 128 cm³/mol. The van der Waals surface area contributed by atoms with E-state index in [1.54, 1.807) is 0 Å². The first-order valence-corrected chi connectivity index (χ1v) is 12.9. The van der Waals surface area contributed by atoms with Crippen LogP contribution in [-0.4, -0.2) is 22.2 Å². The Morgan fingerprint density at radius 1 is 0.531 bits per heavy atom. The van der Waals surface area contributed by atoms with E-state index in [1.807, 2.05) is 13.8 Å². The van der Waals surface area contributed by atoms with Gasteiger partial charge in [0.1, 0.15) is 0 Å². The Balaban J connectivity index is -0.000000279. The zero-order chi connectivity index (χ0) is 22.9. The summed E-state index contributed by atoms with van der Waals surface area (Å²) in [6.07, 6.45) is 23.8. The molecule has 0 fully saturated rings. The van der Waals surface area contributed by atoms with E-state index in [1.165, 1.54) is 83.5 Å². The van der Waals surface area contributed by atoms with Gasteiger partial charge in [-0.3, -0.25) is 9.59 Å². The Kier molecular flexibility index (Phi) is 41.6. The summed E-state index contributed by atoms with van der Waals surface area (Å²) in [5, 5.41) is 17.2. The van der Waals surface area contributed by atoms with Crippen molar-refractivity contribution >= 4 is 11.9 Å². The van der Waals surface area contributed by atoms with Crippen LogP contribution in [0.25, 0.3) is 0 Å². The fraction of sp³-hybridized carbons (Fsp3) is 0.923. The number of unbranched alkanes of at least 4 members (excludes halogenated alkanes) is 14. The van der Waals surface area contributed by atoms with Gasteiger partial charge in [-0.05, 0) is 19.3 Å². The van der Waals surface area contributed by atoms with Crippen molar-refractivity contribution in [1.82, 2.24) is 0 Å². The van der Waals surface area contributed by atoms with Crippen molar-refractivity contribution in [3.05, 3.63) is 0 Å². The molecule has 0 rings (SSSR count). The quantitative estimate of drug-likeness (QED) is 0.0970. The Bertz CT molecular complexity index is 373. The molecule has 0 aliphatic rings. The van der Waals surface area contributed by atoms with E-state index >= 15 is 0 Å². The third kappa shape index (κ3) is 35.0. The molecule has 0 bridgehead atoms. The fourth-order valence-corrected chi connectivity index (χ4v) is 3.74. The minimum Gasteiger partial charge on any atom is -0.481 e. The maximum Gasteiger partial charge on any atom is 0.306 e. The molecule has 202 valence electrons. The number of aliphatic carboxylic acids is 2. The van der Waals surface area contributed by atoms with Crippen molar-refractivity contribution in [2.24, 2.45) is 5.92 Å². The van der Waals surface area contributed by atoms with Gasteiger partial charge in [-0.15, -0.1) is 0 Å². The molecule has 32 heavy (non-hydrogen) atoms. The zero-order valence-corrected chi connectivity index (χ0v) is 24.0. The van der Waals surface area contributed by atoms with Crippen LogP contribution in [0.15, 0.2) is 0 Å². The van der Waals surface area contributed by atoms with Crippen molar-refractivity contribution in [3.63, 3.8) is 0 Å². The molecule has 2 N–H and O–H groups in total. The summed E-state index contributed by atoms with van der Waals surface area (Å²) in [5.74, 6) is -1.39. The molecule has 0 spiro atoms. The third-order valence-electron chi connectivity index (χ3n) is 5.62. The van der Waals surface area contributed by atoms with Gasteiger partial charge in [0, 0.05) is 51.2 Å². The number of rotatable bonds is 21. The number of hydrogen-bond acceptors (Lipinski definition) is 2. The molecule has 0 amide bonds. The van der Waals surface area contributed by atoms with Crippen LogP contribution >= 0.6 is 0 Å². The largest absolute Gasteiger partial charge is 0.481 e. The van der Waals surface area contributed by atoms with E-state index in [0.717, 1.165) is 38.5 Å². The Morgan fingerprint density at radius 2 is 0.844 bits per heavy atom. The molecular weight excluding hydrogens is 592 g/mol. The average Bonchev–Trinajstić information content (AvgIpc) is 2.71. The molecule has 0 unspecified atom stereocenters. The van der Waals surface area contributed by atoms with E-state index in [4.69, 9.17) is 10.2 Å². The minimum absolute atomic E-state index is 0. The molecule has 0 aromatic heterocycles. The van der Waals surface area contributed by atoms with Gasteiger partial charge in [-0.25, -0.2) is 0 Å². The van der Waals surface area contributed by atoms with Crippen molar-refractivity contribution in [2.45, 2.75) is 149 Å². The number of carboxylic acid groups (broad SMARTS) is 2. The SMILES string of the molecule is CCCC(CCC)C(=O)O.CCCCCCCCCCCCCCCCCC(=O)O.[Ag].[Ag]. The first-order chi connectivity index (χ1) is 14.5. The smallest absolute Gasteiger partial charge is 0.306 e. The van der Waals surface area contributed by atoms with E-state index in [2.05, 4.69) is 6.92 Å². The maximum absolute atomic E-state index is 10.5. The Morgan fingerprint density at radius 3 is 1.09 bits per heavy atom. The zero-order valence-electron chi connectivity index (χ0n) is 21.0. The van der Waals surface area contributed by atoms with E-state index in [9.17, 15) is 9.59 Å². The van der Waals surface area contributed by atoms with Crippen LogP contribution in [0.5, 0.6) is 0 Å². The standard InChI is InChI=1S/C18H36O2.C8H16O2.2Ag/c1-2-3-4-5-6-7-8-9-10-11-12-13-14-15-16-17-18(19)20;1-3-5-7(6-4-2)8(9)10;;/h2-17H2,1H3,(H,19,20);7H,3-6H2,1-2H3,(H,9,10);;. The summed E-state index contributed by atoms with van der Waals surface area (Å²) in [4.78, 5) is 20.8. The first kappa shape index (κ1) is 39.6. The summed E-state index contributed by atoms with van der Waals surface area (Å²) in [6, 6.07) is 0. The van der Waals surface area contributed by atoms with Crippen LogP contribution in [-0.2, 0) is 54.3 Å². The topological polar surface area (TPSA) is 74.6 Å². The molecule has 0 heterocycles. The van der Waals surface area contributed by atoms with Crippen molar-refractivity contribution in [1.29, 1.82) is 0 Å². The molecule has 0 saturated heterocycles. The van der Waals surface area contributed by atoms with Crippen molar-refractivity contribution in [3.8, 4) is 0 Å². The van der Waals surface area contributed by atoms with Crippen LogP contribution in [0, 0.1) is 5.92 Å². The van der Waals surface area contributed by atoms with Gasteiger partial charge in [-0.2, -0.15) is 0 Å². The molecule has 0 saturated carbocycles. The van der Waals surface area contributed by atoms with E-state index in [0.29, 0.717) is 6.42 Å². The molecule has 0 atom stereocenters. The number of carboxylic acids is 2. The molecule has 2 radical (unpaired) electrons. The summed E-state index contributed by atoms with van der Waals surface area (Å²) >= 11 is 0. The van der Waals surface area contributed by atoms with Crippen molar-refractivity contribution in [2.75, 3.05) is 0 Å². The second-order valence-electron chi connectivity index (χ2n) is 8.71. The van der Waals surface area contributed by atoms with E-state index < -0.39 is 11.9 Å². The van der Waals surface area contributed by atoms with Gasteiger partial charge in [0.25, 0.3) is 0 Å². The van der Waals surface area contributed by atoms with Gasteiger partial charge >= 0.3 is 11.9 Å².